The predicted molar refractivity (Wildman–Crippen MR) is 166 cm³/mol. The zero-order valence-corrected chi connectivity index (χ0v) is 25.7. The molecule has 1 atom stereocenters. The number of H-pyrrole nitrogens is 1. The van der Waals surface area contributed by atoms with Crippen LogP contribution in [0.3, 0.4) is 0 Å². The van der Waals surface area contributed by atoms with Gasteiger partial charge < -0.3 is 29.6 Å². The van der Waals surface area contributed by atoms with E-state index in [9.17, 15) is 27.7 Å². The number of rotatable bonds is 12. The predicted octanol–water partition coefficient (Wildman–Crippen LogP) is 3.05. The number of fused-ring (bicyclic) bond motifs is 2. The fourth-order valence-electron chi connectivity index (χ4n) is 5.38. The van der Waals surface area contributed by atoms with Gasteiger partial charge in [-0.2, -0.15) is 8.42 Å². The van der Waals surface area contributed by atoms with E-state index in [0.29, 0.717) is 53.6 Å². The van der Waals surface area contributed by atoms with Crippen LogP contribution in [-0.4, -0.2) is 85.7 Å². The van der Waals surface area contributed by atoms with Crippen molar-refractivity contribution in [1.82, 2.24) is 29.7 Å². The maximum Gasteiger partial charge on any atom is 0.339 e. The molecule has 2 aromatic heterocycles. The van der Waals surface area contributed by atoms with Crippen LogP contribution in [0, 0.1) is 5.41 Å². The van der Waals surface area contributed by atoms with Gasteiger partial charge in [-0.25, -0.2) is 14.8 Å². The number of carbonyl (C=O) groups is 2. The number of amides is 1. The molecule has 0 aliphatic carbocycles. The first-order valence-corrected chi connectivity index (χ1v) is 16.1. The number of carboxylic acid groups (broad SMARTS) is 1. The first-order valence-electron chi connectivity index (χ1n) is 14.5. The Morgan fingerprint density at radius 1 is 1.20 bits per heavy atom. The van der Waals surface area contributed by atoms with Crippen molar-refractivity contribution in [1.29, 1.82) is 5.41 Å². The van der Waals surface area contributed by atoms with Crippen LogP contribution in [0.25, 0.3) is 11.0 Å². The number of para-hydroxylation sites is 1. The summed E-state index contributed by atoms with van der Waals surface area (Å²) in [6.07, 6.45) is 0.826. The van der Waals surface area contributed by atoms with Gasteiger partial charge in [0.15, 0.2) is 0 Å². The van der Waals surface area contributed by atoms with Gasteiger partial charge in [-0.05, 0) is 50.6 Å². The number of carbonyl (C=O) groups excluding carboxylic acids is 1. The fourth-order valence-corrected chi connectivity index (χ4v) is 5.87. The number of amidine groups is 1. The van der Waals surface area contributed by atoms with E-state index in [0.717, 1.165) is 11.4 Å². The fraction of sp³-hybridized carbons (Fsp3) is 0.367. The monoisotopic (exact) mass is 637 g/mol. The summed E-state index contributed by atoms with van der Waals surface area (Å²) in [5.74, 6) is -0.228. The van der Waals surface area contributed by atoms with Crippen molar-refractivity contribution in [3.8, 4) is 5.75 Å². The number of hydrogen-bond donors (Lipinski definition) is 5. The minimum atomic E-state index is -4.18. The molecule has 0 spiro atoms. The molecule has 0 radical (unpaired) electrons. The van der Waals surface area contributed by atoms with Gasteiger partial charge in [0, 0.05) is 25.1 Å². The minimum absolute atomic E-state index is 0.0275. The molecule has 3 heterocycles. The Hall–Kier alpha value is -4.76. The van der Waals surface area contributed by atoms with E-state index >= 15 is 0 Å². The second-order valence-corrected chi connectivity index (χ2v) is 12.5. The summed E-state index contributed by atoms with van der Waals surface area (Å²) in [5.41, 5.74) is 3.49. The highest BCUT2D eigenvalue weighted by Crippen LogP contribution is 2.29. The van der Waals surface area contributed by atoms with E-state index in [-0.39, 0.29) is 49.3 Å². The highest BCUT2D eigenvalue weighted by molar-refractivity contribution is 7.85. The number of aromatic nitrogens is 4. The lowest BCUT2D eigenvalue weighted by molar-refractivity contribution is 0.0691. The topological polar surface area (TPSA) is 204 Å². The number of aryl methyl sites for hydroxylation is 1. The summed E-state index contributed by atoms with van der Waals surface area (Å²) in [6.45, 7) is 5.37. The molecule has 0 fully saturated rings. The van der Waals surface area contributed by atoms with Gasteiger partial charge in [0.2, 0.25) is 0 Å². The van der Waals surface area contributed by atoms with E-state index in [1.807, 2.05) is 16.4 Å². The Kier molecular flexibility index (Phi) is 9.20. The number of imidazole rings is 2. The summed E-state index contributed by atoms with van der Waals surface area (Å²) < 4.78 is 39.7. The number of aromatic carboxylic acids is 1. The van der Waals surface area contributed by atoms with Gasteiger partial charge in [0.1, 0.15) is 29.6 Å². The van der Waals surface area contributed by atoms with Gasteiger partial charge in [-0.3, -0.25) is 14.8 Å². The number of ether oxygens (including phenoxy) is 1. The van der Waals surface area contributed by atoms with Crippen molar-refractivity contribution >= 4 is 38.9 Å². The quantitative estimate of drug-likeness (QED) is 0.0665. The van der Waals surface area contributed by atoms with Gasteiger partial charge in [-0.15, -0.1) is 0 Å². The van der Waals surface area contributed by atoms with Gasteiger partial charge in [-0.1, -0.05) is 12.1 Å². The lowest BCUT2D eigenvalue weighted by atomic mass is 10.1. The molecule has 45 heavy (non-hydrogen) atoms. The molecule has 15 heteroatoms. The van der Waals surface area contributed by atoms with Gasteiger partial charge in [0.05, 0.1) is 53.0 Å². The number of nitrogens with zero attached hydrogens (tertiary/aromatic N) is 4. The Morgan fingerprint density at radius 2 is 1.98 bits per heavy atom. The Balaban J connectivity index is 1.36. The summed E-state index contributed by atoms with van der Waals surface area (Å²) in [5, 5.41) is 20.1. The van der Waals surface area contributed by atoms with Crippen molar-refractivity contribution in [2.24, 2.45) is 0 Å². The highest BCUT2D eigenvalue weighted by Gasteiger charge is 2.26. The molecule has 4 aromatic rings. The molecule has 2 aromatic carbocycles. The largest absolute Gasteiger partial charge is 0.491 e. The smallest absolute Gasteiger partial charge is 0.339 e. The third-order valence-corrected chi connectivity index (χ3v) is 8.51. The van der Waals surface area contributed by atoms with Crippen LogP contribution >= 0.6 is 0 Å². The van der Waals surface area contributed by atoms with Crippen molar-refractivity contribution in [3.63, 3.8) is 0 Å². The first kappa shape index (κ1) is 31.7. The van der Waals surface area contributed by atoms with E-state index in [1.54, 1.807) is 43.3 Å². The molecule has 0 bridgehead atoms. The average molecular weight is 638 g/mol. The molecular formula is C30H35N7O7S. The van der Waals surface area contributed by atoms with Gasteiger partial charge in [0.25, 0.3) is 16.0 Å². The average Bonchev–Trinajstić information content (AvgIpc) is 3.59. The molecular weight excluding hydrogens is 602 g/mol. The lowest BCUT2D eigenvalue weighted by Crippen LogP contribution is -2.33. The Labute approximate surface area is 259 Å². The molecule has 0 saturated carbocycles. The molecule has 14 nitrogen and oxygen atoms in total. The highest BCUT2D eigenvalue weighted by atomic mass is 32.2. The number of benzene rings is 2. The molecule has 1 unspecified atom stereocenters. The second-order valence-electron chi connectivity index (χ2n) is 10.9. The maximum atomic E-state index is 13.0. The standard InChI is InChI=1S/C30H35N7O7S/c1-18(27-33-22-10-13-36(19(2)31)17-24(22)34-27)28-35-23-9-8-20(16-25(23)37(28)12-5-15-45(41,42)43)29(38)32-11-14-44-26-7-4-3-6-21(26)30(39)40/h3-4,6-9,16,18,31H,5,10-15,17H2,1-2H3,(H,32,38)(H,33,34)(H,39,40)(H,41,42,43). The summed E-state index contributed by atoms with van der Waals surface area (Å²) in [7, 11) is -4.18. The first-order chi connectivity index (χ1) is 21.4. The summed E-state index contributed by atoms with van der Waals surface area (Å²) in [4.78, 5) is 39.5. The zero-order chi connectivity index (χ0) is 32.3. The van der Waals surface area contributed by atoms with E-state index in [2.05, 4.69) is 10.3 Å². The maximum absolute atomic E-state index is 13.0. The van der Waals surface area contributed by atoms with E-state index < -0.39 is 21.8 Å². The van der Waals surface area contributed by atoms with Gasteiger partial charge >= 0.3 is 5.97 Å². The molecule has 0 saturated heterocycles. The minimum Gasteiger partial charge on any atom is -0.491 e. The Bertz CT molecular complexity index is 1870. The van der Waals surface area contributed by atoms with Crippen LogP contribution < -0.4 is 10.1 Å². The third kappa shape index (κ3) is 7.32. The van der Waals surface area contributed by atoms with Crippen molar-refractivity contribution in [2.45, 2.75) is 45.7 Å². The van der Waals surface area contributed by atoms with Crippen LogP contribution in [0.15, 0.2) is 42.5 Å². The van der Waals surface area contributed by atoms with Crippen LogP contribution in [0.4, 0.5) is 0 Å². The Morgan fingerprint density at radius 3 is 2.71 bits per heavy atom. The molecule has 238 valence electrons. The number of carboxylic acids is 1. The van der Waals surface area contributed by atoms with Crippen LogP contribution in [-0.2, 0) is 29.6 Å². The van der Waals surface area contributed by atoms with Crippen molar-refractivity contribution in [3.05, 3.63) is 76.6 Å². The normalized spacial score (nSPS) is 13.8. The third-order valence-electron chi connectivity index (χ3n) is 7.71. The molecule has 1 aliphatic rings. The van der Waals surface area contributed by atoms with E-state index in [4.69, 9.17) is 20.1 Å². The zero-order valence-electron chi connectivity index (χ0n) is 24.9. The SMILES string of the molecule is CC(=N)N1CCc2nc(C(C)c3nc4ccc(C(=O)NCCOc5ccccc5C(=O)O)cc4n3CCCS(=O)(=O)O)[nH]c2C1. The number of hydrogen-bond acceptors (Lipinski definition) is 8. The van der Waals surface area contributed by atoms with Crippen LogP contribution in [0.1, 0.15) is 69.9 Å². The summed E-state index contributed by atoms with van der Waals surface area (Å²) >= 11 is 0. The second kappa shape index (κ2) is 13.1. The van der Waals surface area contributed by atoms with E-state index in [1.165, 1.54) is 6.07 Å². The molecule has 5 N–H and O–H groups in total. The molecule has 5 rings (SSSR count). The number of aromatic amines is 1. The number of nitrogens with one attached hydrogen (secondary N) is 3. The van der Waals surface area contributed by atoms with Crippen LogP contribution in [0.5, 0.6) is 5.75 Å². The molecule has 1 aliphatic heterocycles. The van der Waals surface area contributed by atoms with Crippen LogP contribution in [0.2, 0.25) is 0 Å². The molecule has 1 amide bonds. The summed E-state index contributed by atoms with van der Waals surface area (Å²) in [6, 6.07) is 11.3. The van der Waals surface area contributed by atoms with Crippen molar-refractivity contribution < 1.29 is 32.4 Å². The lowest BCUT2D eigenvalue weighted by Gasteiger charge is -2.26. The van der Waals surface area contributed by atoms with Crippen molar-refractivity contribution in [2.75, 3.05) is 25.4 Å².